The third-order valence-corrected chi connectivity index (χ3v) is 3.87. The van der Waals surface area contributed by atoms with Crippen LogP contribution in [0.4, 0.5) is 0 Å². The molecule has 2 aliphatic heterocycles. The van der Waals surface area contributed by atoms with Crippen LogP contribution in [0.1, 0.15) is 39.0 Å². The fraction of sp³-hybridized carbons (Fsp3) is 0.786. The van der Waals surface area contributed by atoms with Crippen LogP contribution in [0.15, 0.2) is 5.10 Å². The maximum absolute atomic E-state index is 12.5. The smallest absolute Gasteiger partial charge is 0.270 e. The molecule has 0 atom stereocenters. The quantitative estimate of drug-likeness (QED) is 0.770. The highest BCUT2D eigenvalue weighted by atomic mass is 16.2. The number of carbonyl (C=O) groups is 2. The van der Waals surface area contributed by atoms with Gasteiger partial charge in [-0.3, -0.25) is 9.59 Å². The van der Waals surface area contributed by atoms with E-state index < -0.39 is 0 Å². The van der Waals surface area contributed by atoms with Crippen LogP contribution in [0.2, 0.25) is 0 Å². The van der Waals surface area contributed by atoms with Gasteiger partial charge in [-0.2, -0.15) is 5.10 Å². The fourth-order valence-electron chi connectivity index (χ4n) is 2.73. The van der Waals surface area contributed by atoms with Crippen molar-refractivity contribution in [3.63, 3.8) is 0 Å². The second-order valence-electron chi connectivity index (χ2n) is 5.54. The highest BCUT2D eigenvalue weighted by Gasteiger charge is 2.25. The van der Waals surface area contributed by atoms with Crippen molar-refractivity contribution in [3.05, 3.63) is 0 Å². The zero-order valence-corrected chi connectivity index (χ0v) is 12.2. The van der Waals surface area contributed by atoms with Crippen LogP contribution in [-0.4, -0.2) is 48.6 Å². The summed E-state index contributed by atoms with van der Waals surface area (Å²) in [5.74, 6) is 0.456. The molecule has 0 radical (unpaired) electrons. The largest absolute Gasteiger partial charge is 0.337 e. The molecule has 6 nitrogen and oxygen atoms in total. The summed E-state index contributed by atoms with van der Waals surface area (Å²) in [5.41, 5.74) is 2.90. The second-order valence-corrected chi connectivity index (χ2v) is 5.54. The van der Waals surface area contributed by atoms with E-state index >= 15 is 0 Å². The molecule has 0 aromatic rings. The second kappa shape index (κ2) is 7.38. The van der Waals surface area contributed by atoms with Gasteiger partial charge in [-0.1, -0.05) is 6.92 Å². The van der Waals surface area contributed by atoms with Gasteiger partial charge < -0.3 is 10.2 Å². The van der Waals surface area contributed by atoms with E-state index in [0.717, 1.165) is 45.4 Å². The van der Waals surface area contributed by atoms with Gasteiger partial charge in [0.15, 0.2) is 0 Å². The molecule has 0 aliphatic carbocycles. The van der Waals surface area contributed by atoms with Gasteiger partial charge in [0.1, 0.15) is 5.71 Å². The predicted molar refractivity (Wildman–Crippen MR) is 77.3 cm³/mol. The van der Waals surface area contributed by atoms with Gasteiger partial charge in [0.25, 0.3) is 5.91 Å². The Bertz CT molecular complexity index is 389. The maximum atomic E-state index is 12.5. The Morgan fingerprint density at radius 3 is 2.70 bits per heavy atom. The number of carbonyl (C=O) groups excluding carboxylic acids is 2. The van der Waals surface area contributed by atoms with Crippen molar-refractivity contribution in [2.45, 2.75) is 39.0 Å². The zero-order chi connectivity index (χ0) is 14.4. The lowest BCUT2D eigenvalue weighted by Crippen LogP contribution is -2.44. The molecule has 0 unspecified atom stereocenters. The lowest BCUT2D eigenvalue weighted by atomic mass is 9.97. The van der Waals surface area contributed by atoms with Crippen molar-refractivity contribution >= 4 is 17.5 Å². The summed E-state index contributed by atoms with van der Waals surface area (Å²) in [6.07, 6.45) is 4.00. The van der Waals surface area contributed by atoms with E-state index in [2.05, 4.69) is 22.8 Å². The average Bonchev–Trinajstić information content (AvgIpc) is 2.48. The molecule has 0 aromatic carbocycles. The number of nitrogens with one attached hydrogen (secondary N) is 2. The summed E-state index contributed by atoms with van der Waals surface area (Å²) >= 11 is 0. The molecule has 20 heavy (non-hydrogen) atoms. The SMILES string of the molecule is CCCN(CC1CCNCC1)C(=O)C1=NNC(=O)CC1. The first-order chi connectivity index (χ1) is 9.70. The van der Waals surface area contributed by atoms with E-state index in [1.165, 1.54) is 0 Å². The number of hydrogen-bond donors (Lipinski definition) is 2. The number of hydrogen-bond acceptors (Lipinski definition) is 4. The lowest BCUT2D eigenvalue weighted by Gasteiger charge is -2.30. The molecule has 2 heterocycles. The Morgan fingerprint density at radius 2 is 2.10 bits per heavy atom. The van der Waals surface area contributed by atoms with E-state index in [1.54, 1.807) is 0 Å². The normalized spacial score (nSPS) is 20.2. The predicted octanol–water partition coefficient (Wildman–Crippen LogP) is 0.491. The molecule has 0 spiro atoms. The minimum absolute atomic E-state index is 0.00890. The maximum Gasteiger partial charge on any atom is 0.270 e. The van der Waals surface area contributed by atoms with Crippen molar-refractivity contribution in [2.24, 2.45) is 11.0 Å². The Labute approximate surface area is 120 Å². The molecule has 2 N–H and O–H groups in total. The lowest BCUT2D eigenvalue weighted by molar-refractivity contribution is -0.125. The number of piperidine rings is 1. The molecule has 112 valence electrons. The molecular weight excluding hydrogens is 256 g/mol. The number of hydrazone groups is 1. The third-order valence-electron chi connectivity index (χ3n) is 3.87. The van der Waals surface area contributed by atoms with Gasteiger partial charge >= 0.3 is 0 Å². The van der Waals surface area contributed by atoms with Gasteiger partial charge in [0.2, 0.25) is 5.91 Å². The van der Waals surface area contributed by atoms with E-state index in [4.69, 9.17) is 0 Å². The first kappa shape index (κ1) is 15.0. The fourth-order valence-corrected chi connectivity index (χ4v) is 2.73. The Balaban J connectivity index is 1.95. The summed E-state index contributed by atoms with van der Waals surface area (Å²) in [4.78, 5) is 25.5. The van der Waals surface area contributed by atoms with E-state index in [9.17, 15) is 9.59 Å². The standard InChI is InChI=1S/C14H24N4O2/c1-2-9-18(10-11-5-7-15-8-6-11)14(20)12-3-4-13(19)17-16-12/h11,15H,2-10H2,1H3,(H,17,19). The number of nitrogens with zero attached hydrogens (tertiary/aromatic N) is 2. The third kappa shape index (κ3) is 4.03. The van der Waals surface area contributed by atoms with Gasteiger partial charge in [-0.05, 0) is 38.3 Å². The van der Waals surface area contributed by atoms with Crippen molar-refractivity contribution in [1.29, 1.82) is 0 Å². The van der Waals surface area contributed by atoms with Crippen LogP contribution < -0.4 is 10.7 Å². The molecule has 0 aromatic heterocycles. The number of rotatable bonds is 5. The summed E-state index contributed by atoms with van der Waals surface area (Å²) in [5, 5.41) is 7.26. The zero-order valence-electron chi connectivity index (χ0n) is 12.2. The van der Waals surface area contributed by atoms with E-state index in [-0.39, 0.29) is 11.8 Å². The highest BCUT2D eigenvalue weighted by Crippen LogP contribution is 2.15. The molecule has 6 heteroatoms. The van der Waals surface area contributed by atoms with E-state index in [1.807, 2.05) is 4.90 Å². The summed E-state index contributed by atoms with van der Waals surface area (Å²) in [6.45, 7) is 5.72. The van der Waals surface area contributed by atoms with Crippen LogP contribution in [0.5, 0.6) is 0 Å². The molecule has 0 bridgehead atoms. The Hall–Kier alpha value is -1.43. The monoisotopic (exact) mass is 280 g/mol. The summed E-state index contributed by atoms with van der Waals surface area (Å²) in [6, 6.07) is 0. The summed E-state index contributed by atoms with van der Waals surface area (Å²) < 4.78 is 0. The van der Waals surface area contributed by atoms with Crippen molar-refractivity contribution in [2.75, 3.05) is 26.2 Å². The average molecular weight is 280 g/mol. The van der Waals surface area contributed by atoms with Crippen LogP contribution in [0.25, 0.3) is 0 Å². The number of amides is 2. The van der Waals surface area contributed by atoms with E-state index in [0.29, 0.717) is 24.5 Å². The van der Waals surface area contributed by atoms with Gasteiger partial charge in [-0.25, -0.2) is 5.43 Å². The van der Waals surface area contributed by atoms with Gasteiger partial charge in [-0.15, -0.1) is 0 Å². The van der Waals surface area contributed by atoms with Gasteiger partial charge in [0, 0.05) is 25.9 Å². The minimum Gasteiger partial charge on any atom is -0.337 e. The molecule has 2 rings (SSSR count). The van der Waals surface area contributed by atoms with Crippen molar-refractivity contribution in [3.8, 4) is 0 Å². The highest BCUT2D eigenvalue weighted by molar-refractivity contribution is 6.39. The first-order valence-corrected chi connectivity index (χ1v) is 7.56. The summed E-state index contributed by atoms with van der Waals surface area (Å²) in [7, 11) is 0. The molecule has 2 amide bonds. The van der Waals surface area contributed by atoms with Crippen molar-refractivity contribution < 1.29 is 9.59 Å². The Kier molecular flexibility index (Phi) is 5.52. The van der Waals surface area contributed by atoms with Crippen LogP contribution in [0.3, 0.4) is 0 Å². The molecule has 2 aliphatic rings. The molecular formula is C14H24N4O2. The van der Waals surface area contributed by atoms with Crippen LogP contribution in [0, 0.1) is 5.92 Å². The van der Waals surface area contributed by atoms with Crippen molar-refractivity contribution in [1.82, 2.24) is 15.6 Å². The first-order valence-electron chi connectivity index (χ1n) is 7.56. The minimum atomic E-state index is -0.109. The molecule has 0 saturated carbocycles. The van der Waals surface area contributed by atoms with Crippen LogP contribution >= 0.6 is 0 Å². The molecule has 1 fully saturated rings. The topological polar surface area (TPSA) is 73.8 Å². The Morgan fingerprint density at radius 1 is 1.35 bits per heavy atom. The van der Waals surface area contributed by atoms with Gasteiger partial charge in [0.05, 0.1) is 0 Å². The molecule has 1 saturated heterocycles. The van der Waals surface area contributed by atoms with Crippen LogP contribution in [-0.2, 0) is 9.59 Å².